The van der Waals surface area contributed by atoms with Gasteiger partial charge in [-0.05, 0) is 49.7 Å². The topological polar surface area (TPSA) is 20.2 Å². The Bertz CT molecular complexity index is 724. The van der Waals surface area contributed by atoms with Gasteiger partial charge >= 0.3 is 0 Å². The molecular weight excluding hydrogens is 208 g/mol. The average molecular weight is 221 g/mol. The molecule has 1 N–H and O–H groups in total. The number of benzene rings is 2. The predicted molar refractivity (Wildman–Crippen MR) is 69.3 cm³/mol. The van der Waals surface area contributed by atoms with Crippen molar-refractivity contribution in [2.24, 2.45) is 0 Å². The van der Waals surface area contributed by atoms with Crippen molar-refractivity contribution in [3.05, 3.63) is 69.1 Å². The Morgan fingerprint density at radius 1 is 0.941 bits per heavy atom. The molecule has 2 aromatic carbocycles. The van der Waals surface area contributed by atoms with Crippen molar-refractivity contribution in [3.63, 3.8) is 0 Å². The number of hydrogen-bond donors (Lipinski definition) is 1. The third-order valence-corrected chi connectivity index (χ3v) is 3.30. The van der Waals surface area contributed by atoms with Gasteiger partial charge in [-0.3, -0.25) is 0 Å². The van der Waals surface area contributed by atoms with Crippen LogP contribution in [0.5, 0.6) is 0 Å². The maximum absolute atomic E-state index is 10.4. The molecule has 0 unspecified atom stereocenters. The lowest BCUT2D eigenvalue weighted by Crippen LogP contribution is -2.35. The first-order chi connectivity index (χ1) is 8.18. The van der Waals surface area contributed by atoms with Crippen LogP contribution in [0.25, 0.3) is 11.8 Å². The molecule has 0 radical (unpaired) electrons. The SMILES string of the molecule is Cc1ccc(C)c2c1=[C+]c1ccccc1C=2O. The van der Waals surface area contributed by atoms with Crippen LogP contribution in [0.2, 0.25) is 0 Å². The summed E-state index contributed by atoms with van der Waals surface area (Å²) in [6.45, 7) is 4.07. The van der Waals surface area contributed by atoms with E-state index >= 15 is 0 Å². The van der Waals surface area contributed by atoms with Gasteiger partial charge in [-0.1, -0.05) is 0 Å². The number of aliphatic hydroxyl groups excluding tert-OH is 1. The summed E-state index contributed by atoms with van der Waals surface area (Å²) < 4.78 is 0. The van der Waals surface area contributed by atoms with E-state index in [1.165, 1.54) is 0 Å². The summed E-state index contributed by atoms with van der Waals surface area (Å²) in [5.41, 5.74) is 4.07. The van der Waals surface area contributed by atoms with Crippen molar-refractivity contribution in [2.75, 3.05) is 0 Å². The predicted octanol–water partition coefficient (Wildman–Crippen LogP) is 2.04. The monoisotopic (exact) mass is 221 g/mol. The van der Waals surface area contributed by atoms with E-state index in [0.717, 1.165) is 32.7 Å². The first kappa shape index (κ1) is 10.1. The van der Waals surface area contributed by atoms with Crippen LogP contribution in [0.1, 0.15) is 22.3 Å². The van der Waals surface area contributed by atoms with Crippen LogP contribution in [0.4, 0.5) is 0 Å². The van der Waals surface area contributed by atoms with Crippen LogP contribution in [-0.4, -0.2) is 5.11 Å². The molecule has 0 spiro atoms. The smallest absolute Gasteiger partial charge is 0.202 e. The first-order valence-corrected chi connectivity index (χ1v) is 5.71. The summed E-state index contributed by atoms with van der Waals surface area (Å²) in [6.07, 6.45) is 3.40. The molecule has 17 heavy (non-hydrogen) atoms. The van der Waals surface area contributed by atoms with Crippen LogP contribution in [0.3, 0.4) is 0 Å². The fourth-order valence-electron chi connectivity index (χ4n) is 2.35. The highest BCUT2D eigenvalue weighted by atomic mass is 16.3. The van der Waals surface area contributed by atoms with Gasteiger partial charge in [0.1, 0.15) is 21.6 Å². The summed E-state index contributed by atoms with van der Waals surface area (Å²) in [5.74, 6) is 0.371. The summed E-state index contributed by atoms with van der Waals surface area (Å²) >= 11 is 0. The Labute approximate surface area is 100 Å². The minimum Gasteiger partial charge on any atom is -0.494 e. The minimum atomic E-state index is 0.371. The molecule has 0 bridgehead atoms. The fourth-order valence-corrected chi connectivity index (χ4v) is 2.35. The Morgan fingerprint density at radius 2 is 1.65 bits per heavy atom. The van der Waals surface area contributed by atoms with Crippen molar-refractivity contribution < 1.29 is 5.11 Å². The molecule has 1 nitrogen and oxygen atoms in total. The molecule has 0 aromatic heterocycles. The highest BCUT2D eigenvalue weighted by molar-refractivity contribution is 5.74. The molecule has 82 valence electrons. The van der Waals surface area contributed by atoms with E-state index in [2.05, 4.69) is 12.1 Å². The molecular formula is C16H13O+. The van der Waals surface area contributed by atoms with Gasteiger partial charge in [0.05, 0.1) is 0 Å². The van der Waals surface area contributed by atoms with E-state index in [0.29, 0.717) is 5.76 Å². The van der Waals surface area contributed by atoms with Crippen molar-refractivity contribution in [1.82, 2.24) is 0 Å². The molecule has 1 aliphatic rings. The zero-order chi connectivity index (χ0) is 12.0. The Hall–Kier alpha value is -2.11. The number of rotatable bonds is 0. The number of aryl methyl sites for hydroxylation is 2. The molecule has 0 saturated carbocycles. The molecule has 0 fully saturated rings. The highest BCUT2D eigenvalue weighted by Gasteiger charge is 2.20. The fraction of sp³-hybridized carbons (Fsp3) is 0.125. The molecule has 0 saturated heterocycles. The minimum absolute atomic E-state index is 0.371. The summed E-state index contributed by atoms with van der Waals surface area (Å²) in [4.78, 5) is 0. The van der Waals surface area contributed by atoms with Gasteiger partial charge < -0.3 is 5.11 Å². The maximum atomic E-state index is 10.4. The quantitative estimate of drug-likeness (QED) is 0.675. The molecule has 0 heterocycles. The molecule has 1 aliphatic carbocycles. The first-order valence-electron chi connectivity index (χ1n) is 5.71. The summed E-state index contributed by atoms with van der Waals surface area (Å²) in [5, 5.41) is 12.3. The Balaban J connectivity index is 2.56. The summed E-state index contributed by atoms with van der Waals surface area (Å²) in [6, 6.07) is 11.9. The van der Waals surface area contributed by atoms with Gasteiger partial charge in [0.2, 0.25) is 5.76 Å². The number of aliphatic hydroxyl groups is 1. The van der Waals surface area contributed by atoms with Gasteiger partial charge in [0, 0.05) is 17.7 Å². The molecule has 3 rings (SSSR count). The van der Waals surface area contributed by atoms with Crippen LogP contribution in [-0.2, 0) is 0 Å². The van der Waals surface area contributed by atoms with Crippen LogP contribution in [0.15, 0.2) is 36.4 Å². The standard InChI is InChI=1S/C16H12O/c1-10-7-8-11(2)15-14(10)9-12-5-3-4-6-13(12)16(15)17/h3-8H,1-2H3/p+1. The van der Waals surface area contributed by atoms with Crippen LogP contribution in [0, 0.1) is 13.8 Å². The zero-order valence-electron chi connectivity index (χ0n) is 9.91. The molecule has 1 heteroatoms. The van der Waals surface area contributed by atoms with Crippen molar-refractivity contribution >= 4 is 11.8 Å². The van der Waals surface area contributed by atoms with Gasteiger partial charge in [0.25, 0.3) is 0 Å². The van der Waals surface area contributed by atoms with E-state index < -0.39 is 0 Å². The Kier molecular flexibility index (Phi) is 2.04. The largest absolute Gasteiger partial charge is 0.494 e. The van der Waals surface area contributed by atoms with Gasteiger partial charge in [-0.15, -0.1) is 0 Å². The van der Waals surface area contributed by atoms with E-state index in [1.807, 2.05) is 44.2 Å². The zero-order valence-corrected chi connectivity index (χ0v) is 9.91. The summed E-state index contributed by atoms with van der Waals surface area (Å²) in [7, 11) is 0. The average Bonchev–Trinajstić information content (AvgIpc) is 2.34. The third kappa shape index (κ3) is 1.37. The second-order valence-corrected chi connectivity index (χ2v) is 4.47. The molecule has 0 atom stereocenters. The van der Waals surface area contributed by atoms with Crippen LogP contribution >= 0.6 is 0 Å². The lowest BCUT2D eigenvalue weighted by Gasteiger charge is -2.05. The van der Waals surface area contributed by atoms with E-state index in [-0.39, 0.29) is 0 Å². The van der Waals surface area contributed by atoms with Crippen molar-refractivity contribution in [1.29, 1.82) is 0 Å². The van der Waals surface area contributed by atoms with E-state index in [4.69, 9.17) is 0 Å². The van der Waals surface area contributed by atoms with E-state index in [1.54, 1.807) is 0 Å². The molecule has 2 aromatic rings. The van der Waals surface area contributed by atoms with Gasteiger partial charge in [-0.2, -0.15) is 0 Å². The maximum Gasteiger partial charge on any atom is 0.202 e. The van der Waals surface area contributed by atoms with Crippen molar-refractivity contribution in [2.45, 2.75) is 13.8 Å². The normalized spacial score (nSPS) is 12.2. The third-order valence-electron chi connectivity index (χ3n) is 3.30. The second kappa shape index (κ2) is 3.44. The molecule has 0 aliphatic heterocycles. The number of hydrogen-bond acceptors (Lipinski definition) is 1. The van der Waals surface area contributed by atoms with Crippen LogP contribution < -0.4 is 10.4 Å². The second-order valence-electron chi connectivity index (χ2n) is 4.47. The Morgan fingerprint density at radius 3 is 2.47 bits per heavy atom. The van der Waals surface area contributed by atoms with Gasteiger partial charge in [-0.25, -0.2) is 0 Å². The van der Waals surface area contributed by atoms with Crippen molar-refractivity contribution in [3.8, 4) is 0 Å². The lowest BCUT2D eigenvalue weighted by atomic mass is 9.94. The lowest BCUT2D eigenvalue weighted by molar-refractivity contribution is 0.506. The number of fused-ring (bicyclic) bond motifs is 2. The van der Waals surface area contributed by atoms with Gasteiger partial charge in [0.15, 0.2) is 0 Å². The highest BCUT2D eigenvalue weighted by Crippen LogP contribution is 2.18. The van der Waals surface area contributed by atoms with E-state index in [9.17, 15) is 5.11 Å². The molecule has 0 amide bonds.